The molecule has 0 radical (unpaired) electrons. The van der Waals surface area contributed by atoms with E-state index in [1.807, 2.05) is 26.0 Å². The van der Waals surface area contributed by atoms with E-state index < -0.39 is 7.26 Å². The molecule has 4 heteroatoms. The van der Waals surface area contributed by atoms with Crippen LogP contribution in [0.3, 0.4) is 0 Å². The zero-order valence-corrected chi connectivity index (χ0v) is 17.3. The maximum atomic E-state index is 13.2. The molecule has 0 fully saturated rings. The number of carbonyl (C=O) groups excluding carboxylic acids is 1. The molecule has 1 aromatic rings. The molecule has 1 amide bonds. The van der Waals surface area contributed by atoms with Crippen LogP contribution in [0.15, 0.2) is 12.1 Å². The summed E-state index contributed by atoms with van der Waals surface area (Å²) >= 11 is 0. The van der Waals surface area contributed by atoms with Gasteiger partial charge in [-0.25, -0.2) is 0 Å². The summed E-state index contributed by atoms with van der Waals surface area (Å²) in [6.45, 7) is 15.0. The van der Waals surface area contributed by atoms with Gasteiger partial charge in [-0.05, 0) is 0 Å². The molecule has 0 heterocycles. The van der Waals surface area contributed by atoms with Crippen LogP contribution in [0.25, 0.3) is 0 Å². The molecule has 0 spiro atoms. The van der Waals surface area contributed by atoms with Gasteiger partial charge in [-0.3, -0.25) is 0 Å². The quantitative estimate of drug-likeness (QED) is 0.709. The SMILES string of the molecule is CC[PH](CC)(CC)C(C(=O)Nc1c(C)cc(C#N)cc1C)C(C)C. The molecule has 0 aliphatic carbocycles. The minimum absolute atomic E-state index is 0.118. The van der Waals surface area contributed by atoms with Crippen LogP contribution in [-0.2, 0) is 4.79 Å². The molecule has 1 aromatic carbocycles. The third-order valence-corrected chi connectivity index (χ3v) is 12.1. The first kappa shape index (κ1) is 20.7. The molecule has 0 aliphatic rings. The number of anilines is 1. The van der Waals surface area contributed by atoms with Gasteiger partial charge in [0.15, 0.2) is 0 Å². The molecule has 1 N–H and O–H groups in total. The van der Waals surface area contributed by atoms with Crippen LogP contribution in [-0.4, -0.2) is 30.1 Å². The van der Waals surface area contributed by atoms with Crippen molar-refractivity contribution >= 4 is 18.9 Å². The Morgan fingerprint density at radius 1 is 1.12 bits per heavy atom. The third kappa shape index (κ3) is 4.17. The van der Waals surface area contributed by atoms with E-state index in [4.69, 9.17) is 5.26 Å². The van der Waals surface area contributed by atoms with Crippen LogP contribution < -0.4 is 5.32 Å². The maximum absolute atomic E-state index is 13.2. The number of hydrogen-bond donors (Lipinski definition) is 1. The van der Waals surface area contributed by atoms with E-state index in [0.717, 1.165) is 35.3 Å². The molecule has 1 unspecified atom stereocenters. The number of hydrogen-bond acceptors (Lipinski definition) is 2. The fraction of sp³-hybridized carbons (Fsp3) is 0.600. The number of nitrogens with one attached hydrogen (secondary N) is 1. The predicted octanol–water partition coefficient (Wildman–Crippen LogP) is 4.95. The van der Waals surface area contributed by atoms with Gasteiger partial charge in [0, 0.05) is 0 Å². The summed E-state index contributed by atoms with van der Waals surface area (Å²) in [5.74, 6) is 0.508. The normalized spacial score (nSPS) is 13.5. The molecule has 0 bridgehead atoms. The average Bonchev–Trinajstić information content (AvgIpc) is 2.55. The van der Waals surface area contributed by atoms with Crippen molar-refractivity contribution < 1.29 is 4.79 Å². The van der Waals surface area contributed by atoms with E-state index in [1.54, 1.807) is 0 Å². The van der Waals surface area contributed by atoms with Gasteiger partial charge in [0.2, 0.25) is 0 Å². The first-order valence-corrected chi connectivity index (χ1v) is 11.8. The molecule has 1 rings (SSSR count). The molecule has 0 aromatic heterocycles. The predicted molar refractivity (Wildman–Crippen MR) is 108 cm³/mol. The molecule has 134 valence electrons. The van der Waals surface area contributed by atoms with Gasteiger partial charge in [-0.1, -0.05) is 0 Å². The van der Waals surface area contributed by atoms with Crippen molar-refractivity contribution in [1.29, 1.82) is 5.26 Å². The fourth-order valence-electron chi connectivity index (χ4n) is 4.12. The Hall–Kier alpha value is -1.39. The van der Waals surface area contributed by atoms with Gasteiger partial charge in [-0.2, -0.15) is 0 Å². The van der Waals surface area contributed by atoms with E-state index in [0.29, 0.717) is 11.5 Å². The number of aryl methyl sites for hydroxylation is 2. The first-order valence-electron chi connectivity index (χ1n) is 9.08. The Labute approximate surface area is 148 Å². The number of nitrogens with zero attached hydrogens (tertiary/aromatic N) is 1. The molecular weight excluding hydrogens is 315 g/mol. The van der Waals surface area contributed by atoms with Crippen molar-refractivity contribution in [3.63, 3.8) is 0 Å². The van der Waals surface area contributed by atoms with E-state index in [-0.39, 0.29) is 11.6 Å². The van der Waals surface area contributed by atoms with Crippen molar-refractivity contribution in [2.75, 3.05) is 23.8 Å². The molecular formula is C20H33N2OP. The van der Waals surface area contributed by atoms with Crippen LogP contribution in [0, 0.1) is 31.1 Å². The number of carbonyl (C=O) groups is 1. The fourth-order valence-corrected chi connectivity index (χ4v) is 8.99. The van der Waals surface area contributed by atoms with Crippen molar-refractivity contribution in [1.82, 2.24) is 0 Å². The van der Waals surface area contributed by atoms with E-state index in [9.17, 15) is 4.79 Å². The molecule has 0 aliphatic heterocycles. The Morgan fingerprint density at radius 2 is 1.58 bits per heavy atom. The summed E-state index contributed by atoms with van der Waals surface area (Å²) in [6, 6.07) is 5.86. The summed E-state index contributed by atoms with van der Waals surface area (Å²) in [5.41, 5.74) is 3.55. The van der Waals surface area contributed by atoms with E-state index >= 15 is 0 Å². The zero-order chi connectivity index (χ0) is 18.5. The van der Waals surface area contributed by atoms with Crippen LogP contribution >= 0.6 is 7.26 Å². The van der Waals surface area contributed by atoms with Crippen LogP contribution in [0.4, 0.5) is 5.69 Å². The van der Waals surface area contributed by atoms with Crippen molar-refractivity contribution in [2.45, 2.75) is 54.1 Å². The standard InChI is InChI=1S/C20H33N2OP/c1-8-24(9-2,10-3)19(14(4)5)20(23)22-18-15(6)11-17(13-21)12-16(18)7/h11-12,14,19,24H,8-10H2,1-7H3,(H,22,23). The Morgan fingerprint density at radius 3 is 1.92 bits per heavy atom. The molecule has 0 saturated carbocycles. The molecule has 24 heavy (non-hydrogen) atoms. The first-order chi connectivity index (χ1) is 11.3. The third-order valence-electron chi connectivity index (χ3n) is 5.63. The second kappa shape index (κ2) is 8.63. The zero-order valence-electron chi connectivity index (χ0n) is 16.3. The van der Waals surface area contributed by atoms with Gasteiger partial charge in [0.25, 0.3) is 0 Å². The second-order valence-electron chi connectivity index (χ2n) is 7.23. The van der Waals surface area contributed by atoms with Crippen molar-refractivity contribution in [3.05, 3.63) is 28.8 Å². The van der Waals surface area contributed by atoms with Gasteiger partial charge in [0.1, 0.15) is 0 Å². The van der Waals surface area contributed by atoms with Crippen LogP contribution in [0.1, 0.15) is 51.3 Å². The number of nitriles is 1. The number of amides is 1. The summed E-state index contributed by atoms with van der Waals surface area (Å²) in [6.07, 6.45) is 3.42. The summed E-state index contributed by atoms with van der Waals surface area (Å²) in [4.78, 5) is 13.2. The number of benzene rings is 1. The molecule has 0 saturated heterocycles. The van der Waals surface area contributed by atoms with Crippen molar-refractivity contribution in [2.24, 2.45) is 5.92 Å². The monoisotopic (exact) mass is 348 g/mol. The van der Waals surface area contributed by atoms with Crippen LogP contribution in [0.5, 0.6) is 0 Å². The van der Waals surface area contributed by atoms with E-state index in [2.05, 4.69) is 46.0 Å². The van der Waals surface area contributed by atoms with E-state index in [1.165, 1.54) is 0 Å². The Balaban J connectivity index is 3.23. The van der Waals surface area contributed by atoms with Gasteiger partial charge in [-0.15, -0.1) is 0 Å². The Kier molecular flexibility index (Phi) is 7.43. The summed E-state index contributed by atoms with van der Waals surface area (Å²) in [5, 5.41) is 12.3. The molecule has 3 nitrogen and oxygen atoms in total. The van der Waals surface area contributed by atoms with Gasteiger partial charge >= 0.3 is 148 Å². The Bertz CT molecular complexity index is 596. The topological polar surface area (TPSA) is 52.9 Å². The number of rotatable bonds is 7. The van der Waals surface area contributed by atoms with Crippen LogP contribution in [0.2, 0.25) is 0 Å². The van der Waals surface area contributed by atoms with Gasteiger partial charge < -0.3 is 0 Å². The summed E-state index contributed by atoms with van der Waals surface area (Å²) in [7, 11) is -1.64. The second-order valence-corrected chi connectivity index (χ2v) is 12.7. The average molecular weight is 348 g/mol. The van der Waals surface area contributed by atoms with Crippen molar-refractivity contribution in [3.8, 4) is 6.07 Å². The van der Waals surface area contributed by atoms with Gasteiger partial charge in [0.05, 0.1) is 0 Å². The minimum atomic E-state index is -1.64. The molecule has 1 atom stereocenters. The summed E-state index contributed by atoms with van der Waals surface area (Å²) < 4.78 is 0.